The van der Waals surface area contributed by atoms with E-state index in [1.807, 2.05) is 12.1 Å². The maximum Gasteiger partial charge on any atom is 0.190 e. The van der Waals surface area contributed by atoms with E-state index in [9.17, 15) is 4.79 Å². The van der Waals surface area contributed by atoms with Crippen molar-refractivity contribution >= 4 is 5.78 Å². The normalized spacial score (nSPS) is 18.1. The lowest BCUT2D eigenvalue weighted by molar-refractivity contribution is 0.0945. The molecule has 3 nitrogen and oxygen atoms in total. The first-order chi connectivity index (χ1) is 8.86. The van der Waals surface area contributed by atoms with Gasteiger partial charge in [0.1, 0.15) is 5.69 Å². The minimum atomic E-state index is -0.0494. The Labute approximate surface area is 106 Å². The fourth-order valence-corrected chi connectivity index (χ4v) is 2.63. The lowest BCUT2D eigenvalue weighted by Crippen LogP contribution is -2.19. The van der Waals surface area contributed by atoms with Gasteiger partial charge in [0.25, 0.3) is 0 Å². The van der Waals surface area contributed by atoms with Crippen LogP contribution in [0.1, 0.15) is 40.4 Å². The van der Waals surface area contributed by atoms with E-state index < -0.39 is 0 Å². The molecule has 3 heteroatoms. The van der Waals surface area contributed by atoms with Crippen molar-refractivity contribution < 1.29 is 4.79 Å². The summed E-state index contributed by atoms with van der Waals surface area (Å²) >= 11 is 0. The zero-order valence-corrected chi connectivity index (χ0v) is 10.0. The van der Waals surface area contributed by atoms with E-state index in [0.29, 0.717) is 5.69 Å². The van der Waals surface area contributed by atoms with E-state index in [1.165, 1.54) is 11.1 Å². The van der Waals surface area contributed by atoms with Crippen molar-refractivity contribution in [2.45, 2.75) is 25.2 Å². The van der Waals surface area contributed by atoms with Crippen LogP contribution in [0, 0.1) is 0 Å². The van der Waals surface area contributed by atoms with Gasteiger partial charge in [0.05, 0.1) is 6.20 Å². The number of aromatic nitrogens is 2. The monoisotopic (exact) mass is 238 g/mol. The summed E-state index contributed by atoms with van der Waals surface area (Å²) in [7, 11) is 0. The fraction of sp³-hybridized carbons (Fsp3) is 0.267. The van der Waals surface area contributed by atoms with Crippen LogP contribution in [0.4, 0.5) is 0 Å². The number of fused-ring (bicyclic) bond motifs is 1. The molecule has 0 amide bonds. The third-order valence-electron chi connectivity index (χ3n) is 3.50. The largest absolute Gasteiger partial charge is 0.292 e. The smallest absolute Gasteiger partial charge is 0.190 e. The first-order valence-corrected chi connectivity index (χ1v) is 6.24. The van der Waals surface area contributed by atoms with Crippen molar-refractivity contribution in [2.75, 3.05) is 0 Å². The molecule has 0 radical (unpaired) electrons. The molecule has 2 aromatic rings. The van der Waals surface area contributed by atoms with Crippen molar-refractivity contribution in [3.8, 4) is 0 Å². The maximum absolute atomic E-state index is 12.5. The minimum Gasteiger partial charge on any atom is -0.292 e. The number of carbonyl (C=O) groups excluding carboxylic acids is 1. The maximum atomic E-state index is 12.5. The van der Waals surface area contributed by atoms with Crippen LogP contribution in [-0.4, -0.2) is 15.8 Å². The summed E-state index contributed by atoms with van der Waals surface area (Å²) in [6, 6.07) is 8.22. The Morgan fingerprint density at radius 1 is 1.22 bits per heavy atom. The van der Waals surface area contributed by atoms with Crippen LogP contribution in [0.5, 0.6) is 0 Å². The predicted molar refractivity (Wildman–Crippen MR) is 68.5 cm³/mol. The number of carbonyl (C=O) groups is 1. The molecule has 3 rings (SSSR count). The van der Waals surface area contributed by atoms with Crippen LogP contribution < -0.4 is 0 Å². The van der Waals surface area contributed by atoms with Gasteiger partial charge in [0.2, 0.25) is 0 Å². The number of rotatable bonds is 2. The first-order valence-electron chi connectivity index (χ1n) is 6.24. The van der Waals surface area contributed by atoms with E-state index in [1.54, 1.807) is 18.6 Å². The highest BCUT2D eigenvalue weighted by Crippen LogP contribution is 2.33. The summed E-state index contributed by atoms with van der Waals surface area (Å²) in [5.41, 5.74) is 2.93. The molecule has 0 aliphatic heterocycles. The molecule has 1 atom stereocenters. The van der Waals surface area contributed by atoms with Gasteiger partial charge in [0, 0.05) is 18.3 Å². The Morgan fingerprint density at radius 3 is 2.94 bits per heavy atom. The Morgan fingerprint density at radius 2 is 2.11 bits per heavy atom. The van der Waals surface area contributed by atoms with Crippen LogP contribution in [0.15, 0.2) is 42.9 Å². The summed E-state index contributed by atoms with van der Waals surface area (Å²) in [6.07, 6.45) is 7.76. The molecule has 0 N–H and O–H groups in total. The van der Waals surface area contributed by atoms with Gasteiger partial charge in [-0.3, -0.25) is 9.78 Å². The average molecular weight is 238 g/mol. The Bertz CT molecular complexity index is 566. The van der Waals surface area contributed by atoms with E-state index >= 15 is 0 Å². The Hall–Kier alpha value is -2.03. The molecule has 0 saturated carbocycles. The lowest BCUT2D eigenvalue weighted by Gasteiger charge is -2.23. The molecular formula is C15H14N2O. The molecule has 0 bridgehead atoms. The van der Waals surface area contributed by atoms with Gasteiger partial charge in [-0.25, -0.2) is 4.98 Å². The summed E-state index contributed by atoms with van der Waals surface area (Å²) in [6.45, 7) is 0. The van der Waals surface area contributed by atoms with Gasteiger partial charge in [-0.15, -0.1) is 0 Å². The number of aryl methyl sites for hydroxylation is 1. The predicted octanol–water partition coefficient (Wildman–Crippen LogP) is 2.78. The summed E-state index contributed by atoms with van der Waals surface area (Å²) in [5.74, 6) is 0.0434. The summed E-state index contributed by atoms with van der Waals surface area (Å²) < 4.78 is 0. The van der Waals surface area contributed by atoms with Gasteiger partial charge in [-0.2, -0.15) is 0 Å². The Balaban J connectivity index is 1.97. The minimum absolute atomic E-state index is 0.0494. The first kappa shape index (κ1) is 11.1. The molecule has 1 unspecified atom stereocenters. The topological polar surface area (TPSA) is 42.9 Å². The molecule has 0 saturated heterocycles. The van der Waals surface area contributed by atoms with Crippen LogP contribution in [0.25, 0.3) is 0 Å². The summed E-state index contributed by atoms with van der Waals surface area (Å²) in [4.78, 5) is 20.5. The molecule has 0 spiro atoms. The van der Waals surface area contributed by atoms with Crippen LogP contribution in [0.3, 0.4) is 0 Å². The number of nitrogens with zero attached hydrogens (tertiary/aromatic N) is 2. The molecule has 0 fully saturated rings. The highest BCUT2D eigenvalue weighted by molar-refractivity contribution is 5.99. The van der Waals surface area contributed by atoms with Crippen LogP contribution >= 0.6 is 0 Å². The quantitative estimate of drug-likeness (QED) is 0.755. The second-order valence-electron chi connectivity index (χ2n) is 4.60. The van der Waals surface area contributed by atoms with Crippen molar-refractivity contribution in [3.05, 3.63) is 59.7 Å². The average Bonchev–Trinajstić information content (AvgIpc) is 2.47. The molecule has 1 aliphatic carbocycles. The molecular weight excluding hydrogens is 224 g/mol. The van der Waals surface area contributed by atoms with E-state index in [2.05, 4.69) is 22.1 Å². The molecule has 18 heavy (non-hydrogen) atoms. The third kappa shape index (κ3) is 1.92. The molecule has 1 aromatic carbocycles. The van der Waals surface area contributed by atoms with Gasteiger partial charge in [0.15, 0.2) is 5.78 Å². The van der Waals surface area contributed by atoms with Crippen LogP contribution in [0.2, 0.25) is 0 Å². The van der Waals surface area contributed by atoms with Gasteiger partial charge < -0.3 is 0 Å². The second-order valence-corrected chi connectivity index (χ2v) is 4.60. The lowest BCUT2D eigenvalue weighted by atomic mass is 9.80. The molecule has 90 valence electrons. The fourth-order valence-electron chi connectivity index (χ4n) is 2.63. The van der Waals surface area contributed by atoms with Crippen LogP contribution in [-0.2, 0) is 6.42 Å². The number of ketones is 1. The zero-order valence-electron chi connectivity index (χ0n) is 10.0. The third-order valence-corrected chi connectivity index (χ3v) is 3.50. The highest BCUT2D eigenvalue weighted by atomic mass is 16.1. The van der Waals surface area contributed by atoms with Gasteiger partial charge in [-0.05, 0) is 30.4 Å². The van der Waals surface area contributed by atoms with Gasteiger partial charge in [-0.1, -0.05) is 24.3 Å². The summed E-state index contributed by atoms with van der Waals surface area (Å²) in [5, 5.41) is 0. The van der Waals surface area contributed by atoms with E-state index in [0.717, 1.165) is 19.3 Å². The van der Waals surface area contributed by atoms with Gasteiger partial charge >= 0.3 is 0 Å². The number of hydrogen-bond acceptors (Lipinski definition) is 3. The van der Waals surface area contributed by atoms with Crippen molar-refractivity contribution in [1.29, 1.82) is 0 Å². The second kappa shape index (κ2) is 4.69. The standard InChI is InChI=1S/C15H14N2O/c18-15(14-10-16-8-9-17-14)13-7-3-5-11-4-1-2-6-12(11)13/h1-2,4,6,8-10,13H,3,5,7H2. The molecule has 1 aromatic heterocycles. The molecule has 1 aliphatic rings. The number of Topliss-reactive ketones (excluding diaryl/α,β-unsaturated/α-hetero) is 1. The SMILES string of the molecule is O=C(c1cnccn1)C1CCCc2ccccc21. The van der Waals surface area contributed by atoms with E-state index in [4.69, 9.17) is 0 Å². The number of hydrogen-bond donors (Lipinski definition) is 0. The molecule has 1 heterocycles. The van der Waals surface area contributed by atoms with Crippen molar-refractivity contribution in [3.63, 3.8) is 0 Å². The van der Waals surface area contributed by atoms with Crippen molar-refractivity contribution in [1.82, 2.24) is 9.97 Å². The highest BCUT2D eigenvalue weighted by Gasteiger charge is 2.27. The zero-order chi connectivity index (χ0) is 12.4. The number of benzene rings is 1. The Kier molecular flexibility index (Phi) is 2.89. The van der Waals surface area contributed by atoms with E-state index in [-0.39, 0.29) is 11.7 Å². The van der Waals surface area contributed by atoms with Crippen molar-refractivity contribution in [2.24, 2.45) is 0 Å².